The van der Waals surface area contributed by atoms with Gasteiger partial charge in [-0.3, -0.25) is 4.31 Å². The molecule has 0 N–H and O–H groups in total. The molecule has 0 amide bonds. The van der Waals surface area contributed by atoms with Crippen molar-refractivity contribution in [1.82, 2.24) is 4.90 Å². The van der Waals surface area contributed by atoms with Crippen molar-refractivity contribution in [2.75, 3.05) is 24.4 Å². The molecular weight excluding hydrogens is 525 g/mol. The lowest BCUT2D eigenvalue weighted by atomic mass is 10.0. The Morgan fingerprint density at radius 1 is 0.897 bits per heavy atom. The Kier molecular flexibility index (Phi) is 11.5. The highest BCUT2D eigenvalue weighted by Gasteiger charge is 2.31. The molecule has 0 radical (unpaired) electrons. The molecule has 9 heteroatoms. The minimum absolute atomic E-state index is 0.115. The standard InChI is InChI=1S/C30H43F3N2O3S/c1-4-5-7-12-27(13-9-6-8-11-24(2)35-22-10-23-35)38-28-18-16-26(17-19-28)34(3)39(36,37)29-20-14-25(15-21-29)30(31,32)33/h14-21,24,27H,4-13,22-23H2,1-3H3. The lowest BCUT2D eigenvalue weighted by molar-refractivity contribution is -0.137. The number of benzene rings is 2. The van der Waals surface area contributed by atoms with Gasteiger partial charge < -0.3 is 9.64 Å². The van der Waals surface area contributed by atoms with Crippen LogP contribution in [0.2, 0.25) is 0 Å². The topological polar surface area (TPSA) is 49.9 Å². The number of hydrogen-bond donors (Lipinski definition) is 0. The molecule has 1 fully saturated rings. The Hall–Kier alpha value is -2.26. The molecule has 0 spiro atoms. The monoisotopic (exact) mass is 568 g/mol. The maximum atomic E-state index is 13.0. The van der Waals surface area contributed by atoms with Gasteiger partial charge in [0, 0.05) is 13.1 Å². The zero-order chi connectivity index (χ0) is 28.5. The Morgan fingerprint density at radius 3 is 2.03 bits per heavy atom. The van der Waals surface area contributed by atoms with Crippen LogP contribution in [0.1, 0.15) is 83.6 Å². The fourth-order valence-corrected chi connectivity index (χ4v) is 6.07. The van der Waals surface area contributed by atoms with Gasteiger partial charge in [-0.05, 0) is 107 Å². The first-order valence-corrected chi connectivity index (χ1v) is 15.6. The van der Waals surface area contributed by atoms with Crippen LogP contribution in [0, 0.1) is 0 Å². The van der Waals surface area contributed by atoms with Gasteiger partial charge in [0.15, 0.2) is 0 Å². The van der Waals surface area contributed by atoms with Crippen molar-refractivity contribution in [3.05, 3.63) is 54.1 Å². The Bertz CT molecular complexity index is 1100. The predicted octanol–water partition coefficient (Wildman–Crippen LogP) is 7.90. The summed E-state index contributed by atoms with van der Waals surface area (Å²) in [5, 5.41) is 0. The van der Waals surface area contributed by atoms with E-state index in [0.717, 1.165) is 60.7 Å². The van der Waals surface area contributed by atoms with Gasteiger partial charge in [-0.1, -0.05) is 32.6 Å². The van der Waals surface area contributed by atoms with Gasteiger partial charge in [0.2, 0.25) is 0 Å². The molecule has 1 aliphatic rings. The van der Waals surface area contributed by atoms with Gasteiger partial charge >= 0.3 is 6.18 Å². The number of halogens is 3. The van der Waals surface area contributed by atoms with E-state index in [9.17, 15) is 21.6 Å². The molecular formula is C30H43F3N2O3S. The fourth-order valence-electron chi connectivity index (χ4n) is 4.88. The molecule has 39 heavy (non-hydrogen) atoms. The molecule has 1 saturated heterocycles. The van der Waals surface area contributed by atoms with Gasteiger partial charge in [-0.2, -0.15) is 13.2 Å². The van der Waals surface area contributed by atoms with Gasteiger partial charge in [-0.25, -0.2) is 8.42 Å². The summed E-state index contributed by atoms with van der Waals surface area (Å²) in [7, 11) is -2.62. The predicted molar refractivity (Wildman–Crippen MR) is 151 cm³/mol. The summed E-state index contributed by atoms with van der Waals surface area (Å²) in [4.78, 5) is 2.35. The molecule has 1 aliphatic heterocycles. The second-order valence-corrected chi connectivity index (χ2v) is 12.6. The Labute approximate surface area is 232 Å². The van der Waals surface area contributed by atoms with Crippen molar-refractivity contribution in [3.8, 4) is 5.75 Å². The summed E-state index contributed by atoms with van der Waals surface area (Å²) in [5.74, 6) is 0.687. The maximum absolute atomic E-state index is 13.0. The Balaban J connectivity index is 1.55. The van der Waals surface area contributed by atoms with Crippen LogP contribution in [0.15, 0.2) is 53.4 Å². The molecule has 2 aromatic rings. The van der Waals surface area contributed by atoms with Crippen molar-refractivity contribution in [2.45, 2.75) is 101 Å². The number of hydrogen-bond acceptors (Lipinski definition) is 4. The fraction of sp³-hybridized carbons (Fsp3) is 0.600. The first kappa shape index (κ1) is 31.3. The number of ether oxygens (including phenoxy) is 1. The van der Waals surface area contributed by atoms with Crippen molar-refractivity contribution in [2.24, 2.45) is 0 Å². The van der Waals surface area contributed by atoms with Crippen LogP contribution < -0.4 is 9.04 Å². The summed E-state index contributed by atoms with van der Waals surface area (Å²) in [5.41, 5.74) is -0.485. The molecule has 218 valence electrons. The van der Waals surface area contributed by atoms with Crippen LogP contribution in [-0.4, -0.2) is 45.6 Å². The van der Waals surface area contributed by atoms with E-state index in [1.54, 1.807) is 24.3 Å². The number of likely N-dealkylation sites (tertiary alicyclic amines) is 1. The number of alkyl halides is 3. The molecule has 5 nitrogen and oxygen atoms in total. The molecule has 2 atom stereocenters. The first-order chi connectivity index (χ1) is 18.5. The first-order valence-electron chi connectivity index (χ1n) is 14.2. The highest BCUT2D eigenvalue weighted by atomic mass is 32.2. The summed E-state index contributed by atoms with van der Waals surface area (Å²) in [6, 6.07) is 11.1. The summed E-state index contributed by atoms with van der Waals surface area (Å²) >= 11 is 0. The van der Waals surface area contributed by atoms with Crippen molar-refractivity contribution in [1.29, 1.82) is 0 Å². The number of unbranched alkanes of at least 4 members (excludes halogenated alkanes) is 4. The van der Waals surface area contributed by atoms with Crippen LogP contribution in [-0.2, 0) is 16.2 Å². The zero-order valence-corrected chi connectivity index (χ0v) is 24.2. The highest BCUT2D eigenvalue weighted by molar-refractivity contribution is 7.92. The van der Waals surface area contributed by atoms with Gasteiger partial charge in [0.1, 0.15) is 5.75 Å². The third kappa shape index (κ3) is 9.13. The molecule has 0 aliphatic carbocycles. The van der Waals surface area contributed by atoms with Crippen molar-refractivity contribution >= 4 is 15.7 Å². The van der Waals surface area contributed by atoms with Crippen LogP contribution >= 0.6 is 0 Å². The maximum Gasteiger partial charge on any atom is 0.416 e. The normalized spacial score (nSPS) is 15.9. The molecule has 2 aromatic carbocycles. The zero-order valence-electron chi connectivity index (χ0n) is 23.4. The number of rotatable bonds is 16. The average molecular weight is 569 g/mol. The Morgan fingerprint density at radius 2 is 1.49 bits per heavy atom. The number of nitrogens with zero attached hydrogens (tertiary/aromatic N) is 2. The SMILES string of the molecule is CCCCCC(CCCCCC(C)N1CCC1)Oc1ccc(N(C)S(=O)(=O)c2ccc(C(F)(F)F)cc2)cc1. The molecule has 0 aromatic heterocycles. The molecule has 3 rings (SSSR count). The van der Waals surface area contributed by atoms with Gasteiger partial charge in [0.05, 0.1) is 22.3 Å². The molecule has 0 bridgehead atoms. The highest BCUT2D eigenvalue weighted by Crippen LogP contribution is 2.31. The quantitative estimate of drug-likeness (QED) is 0.193. The van der Waals surface area contributed by atoms with E-state index >= 15 is 0 Å². The minimum Gasteiger partial charge on any atom is -0.490 e. The van der Waals surface area contributed by atoms with E-state index < -0.39 is 21.8 Å². The smallest absolute Gasteiger partial charge is 0.416 e. The molecule has 2 unspecified atom stereocenters. The number of anilines is 1. The van der Waals surface area contributed by atoms with Crippen LogP contribution in [0.3, 0.4) is 0 Å². The van der Waals surface area contributed by atoms with Gasteiger partial charge in [0.25, 0.3) is 10.0 Å². The van der Waals surface area contributed by atoms with Gasteiger partial charge in [-0.15, -0.1) is 0 Å². The summed E-state index contributed by atoms with van der Waals surface area (Å²) in [6.07, 6.45) is 7.11. The van der Waals surface area contributed by atoms with E-state index in [4.69, 9.17) is 4.74 Å². The molecule has 0 saturated carbocycles. The van der Waals surface area contributed by atoms with Crippen molar-refractivity contribution in [3.63, 3.8) is 0 Å². The van der Waals surface area contributed by atoms with E-state index in [0.29, 0.717) is 17.5 Å². The van der Waals surface area contributed by atoms with Crippen LogP contribution in [0.5, 0.6) is 5.75 Å². The second kappa shape index (κ2) is 14.4. The van der Waals surface area contributed by atoms with E-state index in [2.05, 4.69) is 18.7 Å². The molecule has 1 heterocycles. The van der Waals surface area contributed by atoms with Crippen LogP contribution in [0.25, 0.3) is 0 Å². The van der Waals surface area contributed by atoms with Crippen molar-refractivity contribution < 1.29 is 26.3 Å². The summed E-state index contributed by atoms with van der Waals surface area (Å²) < 4.78 is 71.9. The second-order valence-electron chi connectivity index (χ2n) is 10.6. The summed E-state index contributed by atoms with van der Waals surface area (Å²) in [6.45, 7) is 6.99. The lowest BCUT2D eigenvalue weighted by Gasteiger charge is -2.36. The average Bonchev–Trinajstić information content (AvgIpc) is 2.87. The minimum atomic E-state index is -4.52. The third-order valence-corrected chi connectivity index (χ3v) is 9.43. The van der Waals surface area contributed by atoms with E-state index in [1.165, 1.54) is 52.2 Å². The lowest BCUT2D eigenvalue weighted by Crippen LogP contribution is -2.43. The largest absolute Gasteiger partial charge is 0.490 e. The third-order valence-electron chi connectivity index (χ3n) is 7.63. The number of sulfonamides is 1. The van der Waals surface area contributed by atoms with Crippen LogP contribution in [0.4, 0.5) is 18.9 Å². The van der Waals surface area contributed by atoms with E-state index in [-0.39, 0.29) is 11.0 Å². The van der Waals surface area contributed by atoms with E-state index in [1.807, 2.05) is 0 Å².